The van der Waals surface area contributed by atoms with Crippen molar-refractivity contribution in [3.8, 4) is 0 Å². The van der Waals surface area contributed by atoms with Gasteiger partial charge in [-0.3, -0.25) is 4.79 Å². The number of amides is 1. The molecular weight excluding hydrogens is 322 g/mol. The minimum atomic E-state index is -0.573. The van der Waals surface area contributed by atoms with Gasteiger partial charge in [0.25, 0.3) is 5.91 Å². The first-order valence-electron chi connectivity index (χ1n) is 8.96. The van der Waals surface area contributed by atoms with Crippen LogP contribution in [0.15, 0.2) is 18.2 Å². The third-order valence-electron chi connectivity index (χ3n) is 4.97. The second-order valence-electron chi connectivity index (χ2n) is 6.65. The number of carbonyl (C=O) groups is 1. The van der Waals surface area contributed by atoms with E-state index in [0.717, 1.165) is 43.4 Å². The highest BCUT2D eigenvalue weighted by molar-refractivity contribution is 5.95. The molecule has 1 aromatic heterocycles. The smallest absolute Gasteiger partial charge is 0.268 e. The molecule has 0 spiro atoms. The fourth-order valence-corrected chi connectivity index (χ4v) is 3.70. The van der Waals surface area contributed by atoms with Gasteiger partial charge < -0.3 is 9.88 Å². The Bertz CT molecular complexity index is 775. The van der Waals surface area contributed by atoms with E-state index in [1.807, 2.05) is 18.4 Å². The molecule has 0 saturated heterocycles. The number of nitrogens with one attached hydrogen (secondary N) is 1. The van der Waals surface area contributed by atoms with Gasteiger partial charge in [-0.1, -0.05) is 13.0 Å². The molecule has 1 aromatic carbocycles. The Hall–Kier alpha value is -2.17. The topological polar surface area (TPSA) is 34.0 Å². The van der Waals surface area contributed by atoms with Gasteiger partial charge in [-0.25, -0.2) is 8.78 Å². The first-order valence-corrected chi connectivity index (χ1v) is 8.96. The molecular formula is C20H24F2N2O. The normalized spacial score (nSPS) is 13.6. The third-order valence-corrected chi connectivity index (χ3v) is 4.97. The summed E-state index contributed by atoms with van der Waals surface area (Å²) in [6, 6.07) is 3.88. The van der Waals surface area contributed by atoms with Crippen molar-refractivity contribution in [3.63, 3.8) is 0 Å². The van der Waals surface area contributed by atoms with Crippen molar-refractivity contribution in [1.82, 2.24) is 9.88 Å². The molecule has 1 aliphatic carbocycles. The van der Waals surface area contributed by atoms with Crippen molar-refractivity contribution in [2.45, 2.75) is 52.5 Å². The van der Waals surface area contributed by atoms with Crippen LogP contribution in [0.4, 0.5) is 8.78 Å². The Morgan fingerprint density at radius 1 is 1.20 bits per heavy atom. The number of nitrogens with zero attached hydrogens (tertiary/aromatic N) is 1. The van der Waals surface area contributed by atoms with Crippen LogP contribution in [0.5, 0.6) is 0 Å². The van der Waals surface area contributed by atoms with Gasteiger partial charge in [0.2, 0.25) is 0 Å². The molecule has 0 fully saturated rings. The Morgan fingerprint density at radius 3 is 2.56 bits per heavy atom. The quantitative estimate of drug-likeness (QED) is 0.867. The van der Waals surface area contributed by atoms with E-state index in [4.69, 9.17) is 0 Å². The monoisotopic (exact) mass is 346 g/mol. The lowest BCUT2D eigenvalue weighted by molar-refractivity contribution is 0.0943. The van der Waals surface area contributed by atoms with Gasteiger partial charge in [-0.2, -0.15) is 0 Å². The minimum Gasteiger partial charge on any atom is -0.351 e. The summed E-state index contributed by atoms with van der Waals surface area (Å²) in [4.78, 5) is 12.7. The lowest BCUT2D eigenvalue weighted by atomic mass is 9.95. The van der Waals surface area contributed by atoms with Crippen molar-refractivity contribution < 1.29 is 13.6 Å². The first-order chi connectivity index (χ1) is 12.0. The summed E-state index contributed by atoms with van der Waals surface area (Å²) in [6.07, 6.45) is 4.72. The Kier molecular flexibility index (Phi) is 5.21. The van der Waals surface area contributed by atoms with Crippen LogP contribution in [0, 0.1) is 18.6 Å². The number of carbonyl (C=O) groups excluding carboxylic acids is 1. The number of hydrogen-bond donors (Lipinski definition) is 1. The standard InChI is InChI=1S/C20H24F2N2O/c1-3-11-23-20(25)19-13(2)14-7-4-5-10-18(14)24(19)12-15-16(21)8-6-9-17(15)22/h6,8-9H,3-5,7,10-12H2,1-2H3,(H,23,25). The number of halogens is 2. The fourth-order valence-electron chi connectivity index (χ4n) is 3.70. The molecule has 3 rings (SSSR count). The van der Waals surface area contributed by atoms with Crippen LogP contribution in [-0.2, 0) is 19.4 Å². The van der Waals surface area contributed by atoms with Gasteiger partial charge >= 0.3 is 0 Å². The number of fused-ring (bicyclic) bond motifs is 1. The zero-order valence-electron chi connectivity index (χ0n) is 14.8. The summed E-state index contributed by atoms with van der Waals surface area (Å²) < 4.78 is 30.1. The van der Waals surface area contributed by atoms with Crippen LogP contribution in [0.3, 0.4) is 0 Å². The van der Waals surface area contributed by atoms with Gasteiger partial charge in [0, 0.05) is 17.8 Å². The van der Waals surface area contributed by atoms with E-state index in [1.165, 1.54) is 23.8 Å². The lowest BCUT2D eigenvalue weighted by Crippen LogP contribution is -2.28. The molecule has 5 heteroatoms. The average Bonchev–Trinajstić information content (AvgIpc) is 2.89. The van der Waals surface area contributed by atoms with E-state index in [1.54, 1.807) is 0 Å². The van der Waals surface area contributed by atoms with Crippen molar-refractivity contribution in [1.29, 1.82) is 0 Å². The van der Waals surface area contributed by atoms with Crippen LogP contribution in [0.2, 0.25) is 0 Å². The van der Waals surface area contributed by atoms with Crippen molar-refractivity contribution >= 4 is 5.91 Å². The summed E-state index contributed by atoms with van der Waals surface area (Å²) in [5, 5.41) is 2.91. The van der Waals surface area contributed by atoms with Crippen LogP contribution < -0.4 is 5.32 Å². The molecule has 1 N–H and O–H groups in total. The molecule has 2 aromatic rings. The highest BCUT2D eigenvalue weighted by atomic mass is 19.1. The predicted octanol–water partition coefficient (Wildman–Crippen LogP) is 4.14. The minimum absolute atomic E-state index is 0.00964. The summed E-state index contributed by atoms with van der Waals surface area (Å²) in [5.74, 6) is -1.31. The summed E-state index contributed by atoms with van der Waals surface area (Å²) in [5.41, 5.74) is 3.72. The maximum absolute atomic E-state index is 14.2. The number of hydrogen-bond acceptors (Lipinski definition) is 1. The van der Waals surface area contributed by atoms with E-state index in [-0.39, 0.29) is 18.0 Å². The molecule has 0 radical (unpaired) electrons. The van der Waals surface area contributed by atoms with Crippen LogP contribution >= 0.6 is 0 Å². The maximum atomic E-state index is 14.2. The van der Waals surface area contributed by atoms with Crippen LogP contribution in [0.1, 0.15) is 59.1 Å². The number of benzene rings is 1. The van der Waals surface area contributed by atoms with Gasteiger partial charge in [0.1, 0.15) is 17.3 Å². The zero-order chi connectivity index (χ0) is 18.0. The molecule has 0 saturated carbocycles. The molecule has 134 valence electrons. The molecule has 1 amide bonds. The lowest BCUT2D eigenvalue weighted by Gasteiger charge is -2.18. The van der Waals surface area contributed by atoms with E-state index in [0.29, 0.717) is 12.2 Å². The van der Waals surface area contributed by atoms with Gasteiger partial charge in [0.05, 0.1) is 6.54 Å². The molecule has 1 aliphatic rings. The molecule has 0 bridgehead atoms. The first kappa shape index (κ1) is 17.6. The van der Waals surface area contributed by atoms with E-state index in [9.17, 15) is 13.6 Å². The largest absolute Gasteiger partial charge is 0.351 e. The second-order valence-corrected chi connectivity index (χ2v) is 6.65. The van der Waals surface area contributed by atoms with Crippen LogP contribution in [-0.4, -0.2) is 17.0 Å². The molecule has 25 heavy (non-hydrogen) atoms. The van der Waals surface area contributed by atoms with Crippen molar-refractivity contribution in [2.75, 3.05) is 6.54 Å². The predicted molar refractivity (Wildman–Crippen MR) is 93.9 cm³/mol. The van der Waals surface area contributed by atoms with Gasteiger partial charge in [-0.05, 0) is 62.3 Å². The van der Waals surface area contributed by atoms with Crippen molar-refractivity contribution in [2.24, 2.45) is 0 Å². The highest BCUT2D eigenvalue weighted by Gasteiger charge is 2.27. The van der Waals surface area contributed by atoms with Crippen molar-refractivity contribution in [3.05, 3.63) is 57.9 Å². The summed E-state index contributed by atoms with van der Waals surface area (Å²) in [6.45, 7) is 4.57. The number of aromatic nitrogens is 1. The van der Waals surface area contributed by atoms with E-state index in [2.05, 4.69) is 5.32 Å². The third kappa shape index (κ3) is 3.32. The Balaban J connectivity index is 2.09. The average molecular weight is 346 g/mol. The van der Waals surface area contributed by atoms with Gasteiger partial charge in [-0.15, -0.1) is 0 Å². The maximum Gasteiger partial charge on any atom is 0.268 e. The van der Waals surface area contributed by atoms with Gasteiger partial charge in [0.15, 0.2) is 0 Å². The number of rotatable bonds is 5. The SMILES string of the molecule is CCCNC(=O)c1c(C)c2c(n1Cc1c(F)cccc1F)CCCC2. The molecule has 0 unspecified atom stereocenters. The van der Waals surface area contributed by atoms with E-state index >= 15 is 0 Å². The molecule has 0 aliphatic heterocycles. The Morgan fingerprint density at radius 2 is 1.88 bits per heavy atom. The molecule has 3 nitrogen and oxygen atoms in total. The summed E-state index contributed by atoms with van der Waals surface area (Å²) in [7, 11) is 0. The zero-order valence-corrected chi connectivity index (χ0v) is 14.8. The summed E-state index contributed by atoms with van der Waals surface area (Å²) >= 11 is 0. The highest BCUT2D eigenvalue weighted by Crippen LogP contribution is 2.31. The van der Waals surface area contributed by atoms with E-state index < -0.39 is 11.6 Å². The van der Waals surface area contributed by atoms with Crippen LogP contribution in [0.25, 0.3) is 0 Å². The second kappa shape index (κ2) is 7.38. The fraction of sp³-hybridized carbons (Fsp3) is 0.450. The molecule has 0 atom stereocenters. The Labute approximate surface area is 147 Å². The molecule has 1 heterocycles.